The van der Waals surface area contributed by atoms with Crippen molar-refractivity contribution in [2.24, 2.45) is 0 Å². The number of hydrogen-bond acceptors (Lipinski definition) is 2. The lowest BCUT2D eigenvalue weighted by Crippen LogP contribution is -2.39. The molecule has 3 nitrogen and oxygen atoms in total. The van der Waals surface area contributed by atoms with Crippen LogP contribution in [0.3, 0.4) is 0 Å². The van der Waals surface area contributed by atoms with Crippen molar-refractivity contribution in [1.82, 2.24) is 10.2 Å². The summed E-state index contributed by atoms with van der Waals surface area (Å²) in [6.45, 7) is 1.52. The van der Waals surface area contributed by atoms with Gasteiger partial charge in [-0.15, -0.1) is 0 Å². The third-order valence-corrected chi connectivity index (χ3v) is 2.96. The smallest absolute Gasteiger partial charge is 0.236 e. The molecule has 2 aliphatic rings. The first-order chi connectivity index (χ1) is 5.25. The summed E-state index contributed by atoms with van der Waals surface area (Å²) in [6.07, 6.45) is 3.54. The van der Waals surface area contributed by atoms with E-state index in [9.17, 15) is 4.79 Å². The number of amides is 1. The molecule has 0 radical (unpaired) electrons. The van der Waals surface area contributed by atoms with Crippen LogP contribution in [0.5, 0.6) is 0 Å². The second kappa shape index (κ2) is 2.21. The molecule has 1 saturated carbocycles. The van der Waals surface area contributed by atoms with Crippen LogP contribution in [0.2, 0.25) is 0 Å². The molecule has 11 heavy (non-hydrogen) atoms. The Balaban J connectivity index is 2.14. The second-order valence-electron chi connectivity index (χ2n) is 3.60. The molecule has 0 unspecified atom stereocenters. The number of likely N-dealkylation sites (N-methyl/N-ethyl adjacent to an activating group) is 1. The van der Waals surface area contributed by atoms with E-state index < -0.39 is 0 Å². The lowest BCUT2D eigenvalue weighted by Gasteiger charge is -2.24. The third kappa shape index (κ3) is 1.03. The molecule has 1 aliphatic heterocycles. The van der Waals surface area contributed by atoms with E-state index in [-0.39, 0.29) is 11.4 Å². The van der Waals surface area contributed by atoms with Gasteiger partial charge in [0.1, 0.15) is 0 Å². The van der Waals surface area contributed by atoms with Gasteiger partial charge in [-0.2, -0.15) is 0 Å². The normalized spacial score (nSPS) is 28.8. The minimum Gasteiger partial charge on any atom is -0.339 e. The maximum atomic E-state index is 11.3. The van der Waals surface area contributed by atoms with Gasteiger partial charge in [-0.05, 0) is 25.8 Å². The number of carbonyl (C=O) groups excluding carboxylic acids is 1. The van der Waals surface area contributed by atoms with E-state index in [0.717, 1.165) is 13.0 Å². The van der Waals surface area contributed by atoms with Gasteiger partial charge in [-0.3, -0.25) is 4.79 Å². The molecule has 62 valence electrons. The highest BCUT2D eigenvalue weighted by molar-refractivity contribution is 5.79. The first-order valence-electron chi connectivity index (χ1n) is 4.22. The van der Waals surface area contributed by atoms with Crippen molar-refractivity contribution in [3.63, 3.8) is 0 Å². The first-order valence-corrected chi connectivity index (χ1v) is 4.22. The lowest BCUT2D eigenvalue weighted by atomic mass is 10.1. The molecule has 0 bridgehead atoms. The maximum absolute atomic E-state index is 11.3. The van der Waals surface area contributed by atoms with Crippen LogP contribution in [-0.4, -0.2) is 36.5 Å². The largest absolute Gasteiger partial charge is 0.339 e. The molecule has 1 saturated heterocycles. The van der Waals surface area contributed by atoms with Crippen molar-refractivity contribution >= 4 is 5.91 Å². The van der Waals surface area contributed by atoms with Crippen molar-refractivity contribution in [3.05, 3.63) is 0 Å². The number of hydrogen-bond donors (Lipinski definition) is 1. The van der Waals surface area contributed by atoms with Gasteiger partial charge >= 0.3 is 0 Å². The van der Waals surface area contributed by atoms with E-state index in [4.69, 9.17) is 0 Å². The zero-order valence-electron chi connectivity index (χ0n) is 6.89. The zero-order valence-corrected chi connectivity index (χ0v) is 6.89. The molecule has 1 amide bonds. The summed E-state index contributed by atoms with van der Waals surface area (Å²) < 4.78 is 0. The monoisotopic (exact) mass is 154 g/mol. The summed E-state index contributed by atoms with van der Waals surface area (Å²) in [6, 6.07) is 0. The Morgan fingerprint density at radius 3 is 2.82 bits per heavy atom. The molecule has 2 rings (SSSR count). The van der Waals surface area contributed by atoms with Crippen LogP contribution in [0.15, 0.2) is 0 Å². The van der Waals surface area contributed by atoms with Gasteiger partial charge in [0, 0.05) is 12.6 Å². The summed E-state index contributed by atoms with van der Waals surface area (Å²) in [5.41, 5.74) is 0.264. The minimum atomic E-state index is 0.250. The Morgan fingerprint density at radius 2 is 2.18 bits per heavy atom. The Bertz CT molecular complexity index is 187. The number of nitrogens with one attached hydrogen (secondary N) is 1. The lowest BCUT2D eigenvalue weighted by molar-refractivity contribution is -0.130. The van der Waals surface area contributed by atoms with Crippen molar-refractivity contribution in [3.8, 4) is 0 Å². The van der Waals surface area contributed by atoms with Gasteiger partial charge in [-0.1, -0.05) is 0 Å². The van der Waals surface area contributed by atoms with E-state index in [0.29, 0.717) is 6.54 Å². The molecule has 1 aliphatic carbocycles. The SMILES string of the molecule is CN1C(=O)CNCCC12CC2. The summed E-state index contributed by atoms with van der Waals surface area (Å²) in [4.78, 5) is 13.3. The molecule has 2 fully saturated rings. The highest BCUT2D eigenvalue weighted by Crippen LogP contribution is 2.44. The van der Waals surface area contributed by atoms with Crippen molar-refractivity contribution < 1.29 is 4.79 Å². The van der Waals surface area contributed by atoms with Gasteiger partial charge in [0.2, 0.25) is 5.91 Å². The Kier molecular flexibility index (Phi) is 1.42. The molecule has 0 aromatic carbocycles. The average molecular weight is 154 g/mol. The average Bonchev–Trinajstić information content (AvgIpc) is 2.77. The van der Waals surface area contributed by atoms with E-state index in [2.05, 4.69) is 5.32 Å². The zero-order chi connectivity index (χ0) is 7.90. The predicted molar refractivity (Wildman–Crippen MR) is 42.2 cm³/mol. The van der Waals surface area contributed by atoms with E-state index in [1.165, 1.54) is 12.8 Å². The fourth-order valence-electron chi connectivity index (χ4n) is 1.80. The van der Waals surface area contributed by atoms with Crippen LogP contribution in [0.4, 0.5) is 0 Å². The van der Waals surface area contributed by atoms with Gasteiger partial charge in [-0.25, -0.2) is 0 Å². The molecule has 1 heterocycles. The van der Waals surface area contributed by atoms with E-state index >= 15 is 0 Å². The Hall–Kier alpha value is -0.570. The standard InChI is InChI=1S/C8H14N2O/c1-10-7(11)6-9-5-4-8(10)2-3-8/h9H,2-6H2,1H3. The van der Waals surface area contributed by atoms with Gasteiger partial charge in [0.15, 0.2) is 0 Å². The molecular formula is C8H14N2O. The quantitative estimate of drug-likeness (QED) is 0.531. The maximum Gasteiger partial charge on any atom is 0.236 e. The molecule has 1 spiro atoms. The van der Waals surface area contributed by atoms with E-state index in [1.807, 2.05) is 11.9 Å². The highest BCUT2D eigenvalue weighted by atomic mass is 16.2. The summed E-state index contributed by atoms with van der Waals surface area (Å²) in [7, 11) is 1.93. The summed E-state index contributed by atoms with van der Waals surface area (Å²) >= 11 is 0. The summed E-state index contributed by atoms with van der Waals surface area (Å²) in [5, 5.41) is 3.13. The van der Waals surface area contributed by atoms with Crippen LogP contribution in [-0.2, 0) is 4.79 Å². The molecular weight excluding hydrogens is 140 g/mol. The topological polar surface area (TPSA) is 32.3 Å². The van der Waals surface area contributed by atoms with Gasteiger partial charge < -0.3 is 10.2 Å². The van der Waals surface area contributed by atoms with Crippen LogP contribution >= 0.6 is 0 Å². The molecule has 0 aromatic heterocycles. The van der Waals surface area contributed by atoms with Crippen molar-refractivity contribution in [2.45, 2.75) is 24.8 Å². The van der Waals surface area contributed by atoms with Crippen LogP contribution < -0.4 is 5.32 Å². The van der Waals surface area contributed by atoms with E-state index in [1.54, 1.807) is 0 Å². The van der Waals surface area contributed by atoms with Crippen LogP contribution in [0, 0.1) is 0 Å². The molecule has 0 atom stereocenters. The highest BCUT2D eigenvalue weighted by Gasteiger charge is 2.48. The molecule has 1 N–H and O–H groups in total. The van der Waals surface area contributed by atoms with Gasteiger partial charge in [0.25, 0.3) is 0 Å². The van der Waals surface area contributed by atoms with Crippen molar-refractivity contribution in [2.75, 3.05) is 20.1 Å². The summed E-state index contributed by atoms with van der Waals surface area (Å²) in [5.74, 6) is 0.250. The Labute approximate surface area is 66.8 Å². The number of nitrogens with zero attached hydrogens (tertiary/aromatic N) is 1. The second-order valence-corrected chi connectivity index (χ2v) is 3.60. The van der Waals surface area contributed by atoms with Crippen LogP contribution in [0.1, 0.15) is 19.3 Å². The van der Waals surface area contributed by atoms with Gasteiger partial charge in [0.05, 0.1) is 6.54 Å². The molecule has 0 aromatic rings. The minimum absolute atomic E-state index is 0.250. The third-order valence-electron chi connectivity index (χ3n) is 2.96. The van der Waals surface area contributed by atoms with Crippen LogP contribution in [0.25, 0.3) is 0 Å². The number of carbonyl (C=O) groups is 1. The fraction of sp³-hybridized carbons (Fsp3) is 0.875. The number of rotatable bonds is 0. The molecule has 3 heteroatoms. The van der Waals surface area contributed by atoms with Crippen molar-refractivity contribution in [1.29, 1.82) is 0 Å². The Morgan fingerprint density at radius 1 is 1.45 bits per heavy atom. The first kappa shape index (κ1) is 7.10. The predicted octanol–water partition coefficient (Wildman–Crippen LogP) is -0.0293. The fourth-order valence-corrected chi connectivity index (χ4v) is 1.80.